The molecule has 0 radical (unpaired) electrons. The van der Waals surface area contributed by atoms with Crippen LogP contribution in [0.1, 0.15) is 36.0 Å². The number of carbonyl (C=O) groups is 1. The highest BCUT2D eigenvalue weighted by Gasteiger charge is 2.25. The number of likely N-dealkylation sites (tertiary alicyclic amines) is 1. The van der Waals surface area contributed by atoms with E-state index in [1.807, 2.05) is 0 Å². The number of carbonyl (C=O) groups excluding carboxylic acids is 1. The Hall–Kier alpha value is -1.42. The maximum absolute atomic E-state index is 12.8. The fraction of sp³-hybridized carbons (Fsp3) is 0.500. The molecule has 1 aliphatic heterocycles. The lowest BCUT2D eigenvalue weighted by Gasteiger charge is -2.28. The van der Waals surface area contributed by atoms with E-state index < -0.39 is 0 Å². The molecule has 0 aliphatic carbocycles. The van der Waals surface area contributed by atoms with Gasteiger partial charge in [-0.3, -0.25) is 4.79 Å². The second-order valence-corrected chi connectivity index (χ2v) is 4.69. The van der Waals surface area contributed by atoms with Gasteiger partial charge >= 0.3 is 0 Å². The van der Waals surface area contributed by atoms with Gasteiger partial charge in [0.25, 0.3) is 5.91 Å². The number of rotatable bonds is 2. The maximum Gasteiger partial charge on any atom is 0.254 e. The first-order chi connectivity index (χ1) is 8.72. The molecule has 1 saturated heterocycles. The lowest BCUT2D eigenvalue weighted by molar-refractivity contribution is 0.0600. The fourth-order valence-electron chi connectivity index (χ4n) is 2.39. The molecule has 2 rings (SSSR count). The molecular weight excluding hydrogens is 233 g/mol. The van der Waals surface area contributed by atoms with E-state index in [9.17, 15) is 14.3 Å². The van der Waals surface area contributed by atoms with Crippen molar-refractivity contribution in [3.05, 3.63) is 35.6 Å². The Balaban J connectivity index is 2.17. The van der Waals surface area contributed by atoms with E-state index in [2.05, 4.69) is 0 Å². The van der Waals surface area contributed by atoms with Crippen LogP contribution in [0.15, 0.2) is 24.3 Å². The molecule has 4 heteroatoms. The van der Waals surface area contributed by atoms with Crippen molar-refractivity contribution in [2.45, 2.75) is 31.7 Å². The molecule has 3 nitrogen and oxygen atoms in total. The van der Waals surface area contributed by atoms with Crippen LogP contribution < -0.4 is 0 Å². The minimum Gasteiger partial charge on any atom is -0.394 e. The van der Waals surface area contributed by atoms with Crippen molar-refractivity contribution in [3.63, 3.8) is 0 Å². The first-order valence-electron chi connectivity index (χ1n) is 6.40. The van der Waals surface area contributed by atoms with Gasteiger partial charge in [0.15, 0.2) is 0 Å². The van der Waals surface area contributed by atoms with E-state index in [1.165, 1.54) is 24.3 Å². The number of amides is 1. The van der Waals surface area contributed by atoms with Gasteiger partial charge in [0, 0.05) is 12.1 Å². The Morgan fingerprint density at radius 3 is 2.67 bits per heavy atom. The maximum atomic E-state index is 12.8. The van der Waals surface area contributed by atoms with Gasteiger partial charge < -0.3 is 10.0 Å². The van der Waals surface area contributed by atoms with Crippen molar-refractivity contribution in [3.8, 4) is 0 Å². The van der Waals surface area contributed by atoms with Crippen molar-refractivity contribution in [2.75, 3.05) is 13.2 Å². The van der Waals surface area contributed by atoms with Crippen molar-refractivity contribution >= 4 is 5.91 Å². The smallest absolute Gasteiger partial charge is 0.254 e. The number of aliphatic hydroxyl groups is 1. The number of aliphatic hydroxyl groups excluding tert-OH is 1. The van der Waals surface area contributed by atoms with Crippen LogP contribution in [-0.2, 0) is 0 Å². The monoisotopic (exact) mass is 251 g/mol. The largest absolute Gasteiger partial charge is 0.394 e. The molecule has 0 aromatic heterocycles. The van der Waals surface area contributed by atoms with E-state index >= 15 is 0 Å². The highest BCUT2D eigenvalue weighted by Crippen LogP contribution is 2.19. The zero-order valence-corrected chi connectivity index (χ0v) is 10.3. The van der Waals surface area contributed by atoms with Crippen LogP contribution in [0.5, 0.6) is 0 Å². The summed E-state index contributed by atoms with van der Waals surface area (Å²) in [6, 6.07) is 5.47. The van der Waals surface area contributed by atoms with Gasteiger partial charge in [-0.25, -0.2) is 4.39 Å². The summed E-state index contributed by atoms with van der Waals surface area (Å²) in [5.74, 6) is -0.461. The molecule has 18 heavy (non-hydrogen) atoms. The van der Waals surface area contributed by atoms with Crippen LogP contribution in [0.25, 0.3) is 0 Å². The molecule has 1 amide bonds. The third-order valence-electron chi connectivity index (χ3n) is 3.44. The van der Waals surface area contributed by atoms with Crippen molar-refractivity contribution in [2.24, 2.45) is 0 Å². The van der Waals surface area contributed by atoms with Crippen molar-refractivity contribution in [1.29, 1.82) is 0 Å². The number of hydrogen-bond donors (Lipinski definition) is 1. The number of halogens is 1. The Morgan fingerprint density at radius 1 is 1.28 bits per heavy atom. The van der Waals surface area contributed by atoms with E-state index in [0.29, 0.717) is 12.1 Å². The van der Waals surface area contributed by atoms with Crippen LogP contribution in [0.4, 0.5) is 4.39 Å². The summed E-state index contributed by atoms with van der Waals surface area (Å²) in [4.78, 5) is 14.0. The molecule has 1 fully saturated rings. The van der Waals surface area contributed by atoms with Crippen molar-refractivity contribution in [1.82, 2.24) is 4.90 Å². The Kier molecular flexibility index (Phi) is 4.31. The van der Waals surface area contributed by atoms with Crippen LogP contribution in [-0.4, -0.2) is 35.1 Å². The van der Waals surface area contributed by atoms with Crippen LogP contribution in [0.2, 0.25) is 0 Å². The minimum absolute atomic E-state index is 0.00701. The van der Waals surface area contributed by atoms with E-state index in [-0.39, 0.29) is 24.4 Å². The highest BCUT2D eigenvalue weighted by molar-refractivity contribution is 5.94. The number of hydrogen-bond acceptors (Lipinski definition) is 2. The topological polar surface area (TPSA) is 40.5 Å². The Morgan fingerprint density at radius 2 is 2.00 bits per heavy atom. The number of benzene rings is 1. The zero-order valence-electron chi connectivity index (χ0n) is 10.3. The molecule has 0 spiro atoms. The number of nitrogens with zero attached hydrogens (tertiary/aromatic N) is 1. The normalized spacial score (nSPS) is 20.6. The molecule has 1 heterocycles. The lowest BCUT2D eigenvalue weighted by Crippen LogP contribution is -2.42. The van der Waals surface area contributed by atoms with Crippen molar-refractivity contribution < 1.29 is 14.3 Å². The summed E-state index contributed by atoms with van der Waals surface area (Å²) in [6.45, 7) is 0.661. The molecule has 1 aromatic carbocycles. The SMILES string of the molecule is O=C(c1ccc(F)cc1)N1CCCCCC1CO. The van der Waals surface area contributed by atoms with Gasteiger partial charge in [-0.15, -0.1) is 0 Å². The van der Waals surface area contributed by atoms with Crippen LogP contribution in [0.3, 0.4) is 0 Å². The molecule has 1 aromatic rings. The average molecular weight is 251 g/mol. The summed E-state index contributed by atoms with van der Waals surface area (Å²) in [5.41, 5.74) is 0.483. The molecule has 1 atom stereocenters. The minimum atomic E-state index is -0.346. The molecular formula is C14H18FNO2. The van der Waals surface area contributed by atoms with Gasteiger partial charge in [0.05, 0.1) is 12.6 Å². The van der Waals surface area contributed by atoms with Gasteiger partial charge in [0.1, 0.15) is 5.82 Å². The second-order valence-electron chi connectivity index (χ2n) is 4.69. The quantitative estimate of drug-likeness (QED) is 0.875. The van der Waals surface area contributed by atoms with E-state index in [1.54, 1.807) is 4.90 Å². The van der Waals surface area contributed by atoms with E-state index in [4.69, 9.17) is 0 Å². The average Bonchev–Trinajstić information content (AvgIpc) is 2.63. The Labute approximate surface area is 106 Å². The summed E-state index contributed by atoms with van der Waals surface area (Å²) in [6.07, 6.45) is 3.93. The lowest BCUT2D eigenvalue weighted by atomic mass is 10.1. The standard InChI is InChI=1S/C14H18FNO2/c15-12-7-5-11(6-8-12)14(18)16-9-3-1-2-4-13(16)10-17/h5-8,13,17H,1-4,9-10H2. The summed E-state index contributed by atoms with van der Waals surface area (Å²) >= 11 is 0. The van der Waals surface area contributed by atoms with Gasteiger partial charge in [-0.2, -0.15) is 0 Å². The first kappa shape index (κ1) is 13.0. The third kappa shape index (κ3) is 2.88. The molecule has 0 saturated carbocycles. The third-order valence-corrected chi connectivity index (χ3v) is 3.44. The summed E-state index contributed by atoms with van der Waals surface area (Å²) in [7, 11) is 0. The molecule has 1 unspecified atom stereocenters. The summed E-state index contributed by atoms with van der Waals surface area (Å²) < 4.78 is 12.8. The highest BCUT2D eigenvalue weighted by atomic mass is 19.1. The molecule has 1 N–H and O–H groups in total. The predicted octanol–water partition coefficient (Wildman–Crippen LogP) is 2.20. The van der Waals surface area contributed by atoms with E-state index in [0.717, 1.165) is 25.7 Å². The first-order valence-corrected chi connectivity index (χ1v) is 6.40. The fourth-order valence-corrected chi connectivity index (χ4v) is 2.39. The van der Waals surface area contributed by atoms with Gasteiger partial charge in [0.2, 0.25) is 0 Å². The van der Waals surface area contributed by atoms with Crippen LogP contribution >= 0.6 is 0 Å². The molecule has 0 bridgehead atoms. The summed E-state index contributed by atoms with van der Waals surface area (Å²) in [5, 5.41) is 9.37. The molecule has 1 aliphatic rings. The van der Waals surface area contributed by atoms with Gasteiger partial charge in [-0.05, 0) is 37.1 Å². The molecule has 98 valence electrons. The van der Waals surface area contributed by atoms with Gasteiger partial charge in [-0.1, -0.05) is 12.8 Å². The second kappa shape index (κ2) is 5.96. The predicted molar refractivity (Wildman–Crippen MR) is 66.8 cm³/mol. The zero-order chi connectivity index (χ0) is 13.0. The van der Waals surface area contributed by atoms with Crippen LogP contribution in [0, 0.1) is 5.82 Å². The Bertz CT molecular complexity index is 405.